The number of thiophene rings is 1. The summed E-state index contributed by atoms with van der Waals surface area (Å²) in [7, 11) is 0. The first-order chi connectivity index (χ1) is 13.6. The van der Waals surface area contributed by atoms with Crippen molar-refractivity contribution in [3.05, 3.63) is 51.2 Å². The molecule has 1 aromatic carbocycles. The van der Waals surface area contributed by atoms with Crippen LogP contribution in [0.4, 0.5) is 0 Å². The molecule has 4 rings (SSSR count). The summed E-state index contributed by atoms with van der Waals surface area (Å²) in [6.45, 7) is 4.13. The van der Waals surface area contributed by atoms with Gasteiger partial charge in [0.15, 0.2) is 0 Å². The van der Waals surface area contributed by atoms with E-state index in [1.54, 1.807) is 11.3 Å². The molecular formula is C22H26N2O3S. The van der Waals surface area contributed by atoms with Crippen LogP contribution < -0.4 is 10.1 Å². The number of carbonyl (C=O) groups is 2. The van der Waals surface area contributed by atoms with Gasteiger partial charge in [-0.3, -0.25) is 9.59 Å². The summed E-state index contributed by atoms with van der Waals surface area (Å²) in [6.07, 6.45) is 3.60. The normalized spacial score (nSPS) is 16.1. The number of fused-ring (bicyclic) bond motifs is 2. The molecule has 0 radical (unpaired) electrons. The van der Waals surface area contributed by atoms with Gasteiger partial charge in [0.1, 0.15) is 11.8 Å². The van der Waals surface area contributed by atoms with E-state index in [9.17, 15) is 9.59 Å². The van der Waals surface area contributed by atoms with E-state index >= 15 is 0 Å². The molecule has 0 saturated carbocycles. The zero-order valence-corrected chi connectivity index (χ0v) is 17.0. The van der Waals surface area contributed by atoms with Crippen LogP contribution in [0.15, 0.2) is 29.6 Å². The lowest BCUT2D eigenvalue weighted by atomic mass is 10.0. The van der Waals surface area contributed by atoms with Crippen LogP contribution in [0.3, 0.4) is 0 Å². The Morgan fingerprint density at radius 2 is 2.14 bits per heavy atom. The van der Waals surface area contributed by atoms with Crippen LogP contribution in [0.2, 0.25) is 0 Å². The molecule has 0 spiro atoms. The van der Waals surface area contributed by atoms with E-state index in [4.69, 9.17) is 4.74 Å². The third-order valence-electron chi connectivity index (χ3n) is 5.45. The van der Waals surface area contributed by atoms with E-state index < -0.39 is 6.04 Å². The van der Waals surface area contributed by atoms with Crippen molar-refractivity contribution >= 4 is 23.2 Å². The summed E-state index contributed by atoms with van der Waals surface area (Å²) in [5.74, 6) is 0.856. The lowest BCUT2D eigenvalue weighted by Gasteiger charge is -2.31. The molecule has 28 heavy (non-hydrogen) atoms. The second-order valence-corrected chi connectivity index (χ2v) is 8.51. The third-order valence-corrected chi connectivity index (χ3v) is 6.47. The van der Waals surface area contributed by atoms with Crippen LogP contribution in [0.1, 0.15) is 41.3 Å². The Balaban J connectivity index is 1.39. The Hall–Kier alpha value is -2.34. The summed E-state index contributed by atoms with van der Waals surface area (Å²) < 4.78 is 5.52. The highest BCUT2D eigenvalue weighted by Crippen LogP contribution is 2.26. The highest BCUT2D eigenvalue weighted by Gasteiger charge is 2.28. The Morgan fingerprint density at radius 1 is 1.25 bits per heavy atom. The van der Waals surface area contributed by atoms with E-state index in [0.717, 1.165) is 42.7 Å². The highest BCUT2D eigenvalue weighted by molar-refractivity contribution is 7.10. The molecule has 5 nitrogen and oxygen atoms in total. The van der Waals surface area contributed by atoms with Crippen molar-refractivity contribution in [2.45, 2.75) is 51.6 Å². The average Bonchev–Trinajstić information content (AvgIpc) is 3.35. The number of benzene rings is 1. The molecule has 0 bridgehead atoms. The minimum Gasteiger partial charge on any atom is -0.493 e. The van der Waals surface area contributed by atoms with Gasteiger partial charge in [0, 0.05) is 24.4 Å². The van der Waals surface area contributed by atoms with Gasteiger partial charge in [-0.1, -0.05) is 25.5 Å². The van der Waals surface area contributed by atoms with Crippen LogP contribution in [-0.2, 0) is 35.4 Å². The number of rotatable bonds is 6. The van der Waals surface area contributed by atoms with E-state index in [0.29, 0.717) is 19.6 Å². The standard InChI is InChI=1S/C22H26N2O3S/c1-2-3-18(22(26)24-9-6-20-17(14-24)8-11-28-20)23-21(25)13-15-4-5-19-16(12-15)7-10-27-19/h4-5,8,11-12,18H,2-3,6-7,9-10,13-14H2,1H3,(H,23,25). The molecule has 6 heteroatoms. The summed E-state index contributed by atoms with van der Waals surface area (Å²) in [5.41, 5.74) is 3.36. The zero-order chi connectivity index (χ0) is 19.5. The molecule has 1 aromatic heterocycles. The van der Waals surface area contributed by atoms with Crippen LogP contribution >= 0.6 is 11.3 Å². The Labute approximate surface area is 169 Å². The molecule has 3 heterocycles. The zero-order valence-electron chi connectivity index (χ0n) is 16.2. The Morgan fingerprint density at radius 3 is 3.00 bits per heavy atom. The van der Waals surface area contributed by atoms with E-state index in [1.165, 1.54) is 10.4 Å². The van der Waals surface area contributed by atoms with Crippen LogP contribution in [0.5, 0.6) is 5.75 Å². The smallest absolute Gasteiger partial charge is 0.245 e. The maximum atomic E-state index is 13.1. The SMILES string of the molecule is CCCC(NC(=O)Cc1ccc2c(c1)CCO2)C(=O)N1CCc2sccc2C1. The minimum atomic E-state index is -0.449. The summed E-state index contributed by atoms with van der Waals surface area (Å²) >= 11 is 1.76. The molecule has 1 unspecified atom stereocenters. The predicted octanol–water partition coefficient (Wildman–Crippen LogP) is 3.10. The molecular weight excluding hydrogens is 372 g/mol. The molecule has 2 aliphatic rings. The minimum absolute atomic E-state index is 0.0365. The lowest BCUT2D eigenvalue weighted by molar-refractivity contribution is -0.137. The highest BCUT2D eigenvalue weighted by atomic mass is 32.1. The number of hydrogen-bond acceptors (Lipinski definition) is 4. The van der Waals surface area contributed by atoms with Gasteiger partial charge < -0.3 is 15.0 Å². The molecule has 2 aliphatic heterocycles. The first kappa shape index (κ1) is 19.0. The number of ether oxygens (including phenoxy) is 1. The number of carbonyl (C=O) groups excluding carboxylic acids is 2. The molecule has 1 atom stereocenters. The van der Waals surface area contributed by atoms with Crippen molar-refractivity contribution < 1.29 is 14.3 Å². The first-order valence-electron chi connectivity index (χ1n) is 10.0. The lowest BCUT2D eigenvalue weighted by Crippen LogP contribution is -2.50. The van der Waals surface area contributed by atoms with Crippen molar-refractivity contribution in [3.63, 3.8) is 0 Å². The van der Waals surface area contributed by atoms with Crippen LogP contribution in [0, 0.1) is 0 Å². The Kier molecular flexibility index (Phi) is 5.67. The van der Waals surface area contributed by atoms with Crippen molar-refractivity contribution in [2.75, 3.05) is 13.2 Å². The van der Waals surface area contributed by atoms with E-state index in [1.807, 2.05) is 30.0 Å². The van der Waals surface area contributed by atoms with Gasteiger partial charge in [0.2, 0.25) is 11.8 Å². The van der Waals surface area contributed by atoms with Crippen molar-refractivity contribution in [1.29, 1.82) is 0 Å². The Bertz CT molecular complexity index is 876. The van der Waals surface area contributed by atoms with Gasteiger partial charge in [-0.2, -0.15) is 0 Å². The maximum Gasteiger partial charge on any atom is 0.245 e. The molecule has 0 saturated heterocycles. The first-order valence-corrected chi connectivity index (χ1v) is 10.9. The number of hydrogen-bond donors (Lipinski definition) is 1. The summed E-state index contributed by atoms with van der Waals surface area (Å²) in [5, 5.41) is 5.08. The molecule has 2 amide bonds. The van der Waals surface area contributed by atoms with Crippen molar-refractivity contribution in [2.24, 2.45) is 0 Å². The van der Waals surface area contributed by atoms with Gasteiger partial charge in [-0.25, -0.2) is 0 Å². The maximum absolute atomic E-state index is 13.1. The van der Waals surface area contributed by atoms with Gasteiger partial charge in [0.25, 0.3) is 0 Å². The molecule has 0 aliphatic carbocycles. The topological polar surface area (TPSA) is 58.6 Å². The van der Waals surface area contributed by atoms with Crippen LogP contribution in [0.25, 0.3) is 0 Å². The molecule has 2 aromatic rings. The van der Waals surface area contributed by atoms with Crippen LogP contribution in [-0.4, -0.2) is 35.9 Å². The third kappa shape index (κ3) is 4.07. The quantitative estimate of drug-likeness (QED) is 0.814. The van der Waals surface area contributed by atoms with E-state index in [2.05, 4.69) is 16.8 Å². The molecule has 148 valence electrons. The predicted molar refractivity (Wildman–Crippen MR) is 110 cm³/mol. The molecule has 1 N–H and O–H groups in total. The second kappa shape index (κ2) is 8.35. The van der Waals surface area contributed by atoms with Gasteiger partial charge >= 0.3 is 0 Å². The number of nitrogens with one attached hydrogen (secondary N) is 1. The van der Waals surface area contributed by atoms with Gasteiger partial charge in [-0.05, 0) is 47.0 Å². The van der Waals surface area contributed by atoms with Gasteiger partial charge in [0.05, 0.1) is 13.0 Å². The number of amides is 2. The van der Waals surface area contributed by atoms with Crippen molar-refractivity contribution in [1.82, 2.24) is 10.2 Å². The summed E-state index contributed by atoms with van der Waals surface area (Å²) in [6, 6.07) is 7.57. The molecule has 0 fully saturated rings. The largest absolute Gasteiger partial charge is 0.493 e. The van der Waals surface area contributed by atoms with E-state index in [-0.39, 0.29) is 18.2 Å². The second-order valence-electron chi connectivity index (χ2n) is 7.50. The monoisotopic (exact) mass is 398 g/mol. The fourth-order valence-corrected chi connectivity index (χ4v) is 4.87. The fourth-order valence-electron chi connectivity index (χ4n) is 3.98. The number of nitrogens with zero attached hydrogens (tertiary/aromatic N) is 1. The van der Waals surface area contributed by atoms with Gasteiger partial charge in [-0.15, -0.1) is 11.3 Å². The average molecular weight is 399 g/mol. The fraction of sp³-hybridized carbons (Fsp3) is 0.455. The summed E-state index contributed by atoms with van der Waals surface area (Å²) in [4.78, 5) is 29.0. The van der Waals surface area contributed by atoms with Crippen molar-refractivity contribution in [3.8, 4) is 5.75 Å².